The Balaban J connectivity index is 1.49. The van der Waals surface area contributed by atoms with Crippen LogP contribution in [0.2, 0.25) is 0 Å². The SMILES string of the molecule is Cc1cc2c(cnn2-c2ccc(F)cc2)cc1[C@]12CNC[C@H]1[C@@]2(C)c1ccccc1. The summed E-state index contributed by atoms with van der Waals surface area (Å²) in [6, 6.07) is 22.0. The normalized spacial score (nSPS) is 27.4. The first-order chi connectivity index (χ1) is 14.6. The number of aromatic nitrogens is 2. The van der Waals surface area contributed by atoms with Crippen molar-refractivity contribution < 1.29 is 4.39 Å². The summed E-state index contributed by atoms with van der Waals surface area (Å²) in [5.41, 5.74) is 6.34. The minimum Gasteiger partial charge on any atom is -0.315 e. The van der Waals surface area contributed by atoms with Crippen molar-refractivity contribution in [1.82, 2.24) is 15.1 Å². The molecule has 0 unspecified atom stereocenters. The third-order valence-corrected chi connectivity index (χ3v) is 7.73. The van der Waals surface area contributed by atoms with E-state index in [2.05, 4.69) is 66.7 Å². The molecule has 3 aromatic carbocycles. The van der Waals surface area contributed by atoms with Crippen molar-refractivity contribution in [1.29, 1.82) is 0 Å². The molecule has 3 nitrogen and oxygen atoms in total. The Hall–Kier alpha value is -2.98. The lowest BCUT2D eigenvalue weighted by Crippen LogP contribution is -2.31. The maximum atomic E-state index is 13.4. The largest absolute Gasteiger partial charge is 0.315 e. The van der Waals surface area contributed by atoms with Gasteiger partial charge in [0.05, 0.1) is 17.4 Å². The van der Waals surface area contributed by atoms with Gasteiger partial charge in [-0.2, -0.15) is 5.10 Å². The van der Waals surface area contributed by atoms with Crippen LogP contribution in [-0.4, -0.2) is 22.9 Å². The number of hydrogen-bond acceptors (Lipinski definition) is 2. The topological polar surface area (TPSA) is 29.9 Å². The van der Waals surface area contributed by atoms with Gasteiger partial charge in [0, 0.05) is 22.8 Å². The van der Waals surface area contributed by atoms with E-state index in [1.54, 1.807) is 12.1 Å². The molecule has 1 saturated carbocycles. The molecule has 1 aliphatic carbocycles. The van der Waals surface area contributed by atoms with Crippen LogP contribution in [0.1, 0.15) is 23.6 Å². The fraction of sp³-hybridized carbons (Fsp3) is 0.269. The van der Waals surface area contributed by atoms with Gasteiger partial charge in [-0.05, 0) is 72.5 Å². The molecule has 0 spiro atoms. The van der Waals surface area contributed by atoms with E-state index in [0.717, 1.165) is 29.7 Å². The maximum Gasteiger partial charge on any atom is 0.123 e. The summed E-state index contributed by atoms with van der Waals surface area (Å²) in [5, 5.41) is 9.38. The van der Waals surface area contributed by atoms with Crippen molar-refractivity contribution in [3.8, 4) is 5.69 Å². The van der Waals surface area contributed by atoms with Gasteiger partial charge in [-0.1, -0.05) is 37.3 Å². The van der Waals surface area contributed by atoms with E-state index in [1.807, 2.05) is 10.9 Å². The molecular weight excluding hydrogens is 373 g/mol. The second-order valence-electron chi connectivity index (χ2n) is 8.98. The number of hydrogen-bond donors (Lipinski definition) is 1. The zero-order valence-corrected chi connectivity index (χ0v) is 17.2. The Morgan fingerprint density at radius 2 is 1.83 bits per heavy atom. The zero-order chi connectivity index (χ0) is 20.5. The van der Waals surface area contributed by atoms with Gasteiger partial charge in [0.25, 0.3) is 0 Å². The molecule has 30 heavy (non-hydrogen) atoms. The van der Waals surface area contributed by atoms with Gasteiger partial charge < -0.3 is 5.32 Å². The number of benzene rings is 3. The first kappa shape index (κ1) is 17.8. The van der Waals surface area contributed by atoms with Crippen LogP contribution in [0.15, 0.2) is 72.9 Å². The molecule has 150 valence electrons. The summed E-state index contributed by atoms with van der Waals surface area (Å²) in [6.07, 6.45) is 1.93. The Labute approximate surface area is 175 Å². The molecule has 0 amide bonds. The van der Waals surface area contributed by atoms with Crippen LogP contribution in [0.3, 0.4) is 0 Å². The number of piperidine rings is 1. The third kappa shape index (κ3) is 2.15. The summed E-state index contributed by atoms with van der Waals surface area (Å²) >= 11 is 0. The molecule has 4 heteroatoms. The lowest BCUT2D eigenvalue weighted by molar-refractivity contribution is 0.522. The molecule has 6 rings (SSSR count). The van der Waals surface area contributed by atoms with Crippen LogP contribution in [-0.2, 0) is 10.8 Å². The van der Waals surface area contributed by atoms with Gasteiger partial charge in [0.1, 0.15) is 5.82 Å². The highest BCUT2D eigenvalue weighted by Crippen LogP contribution is 2.72. The predicted octanol–water partition coefficient (Wildman–Crippen LogP) is 4.90. The predicted molar refractivity (Wildman–Crippen MR) is 118 cm³/mol. The molecule has 0 radical (unpaired) electrons. The lowest BCUT2D eigenvalue weighted by atomic mass is 9.80. The summed E-state index contributed by atoms with van der Waals surface area (Å²) in [5.74, 6) is 0.358. The van der Waals surface area contributed by atoms with E-state index in [9.17, 15) is 4.39 Å². The van der Waals surface area contributed by atoms with Crippen LogP contribution >= 0.6 is 0 Å². The molecule has 3 atom stereocenters. The highest BCUT2D eigenvalue weighted by atomic mass is 19.1. The fourth-order valence-corrected chi connectivity index (χ4v) is 6.14. The number of rotatable bonds is 3. The highest BCUT2D eigenvalue weighted by Gasteiger charge is 2.76. The molecule has 1 N–H and O–H groups in total. The molecule has 2 heterocycles. The number of fused-ring (bicyclic) bond motifs is 2. The lowest BCUT2D eigenvalue weighted by Gasteiger charge is -2.26. The van der Waals surface area contributed by atoms with Crippen molar-refractivity contribution in [2.45, 2.75) is 24.7 Å². The molecule has 2 aliphatic rings. The van der Waals surface area contributed by atoms with Crippen molar-refractivity contribution in [2.75, 3.05) is 13.1 Å². The molecule has 1 aliphatic heterocycles. The number of aryl methyl sites for hydroxylation is 1. The van der Waals surface area contributed by atoms with E-state index in [0.29, 0.717) is 5.92 Å². The van der Waals surface area contributed by atoms with Crippen molar-refractivity contribution in [2.24, 2.45) is 5.92 Å². The van der Waals surface area contributed by atoms with Gasteiger partial charge in [0.2, 0.25) is 0 Å². The summed E-state index contributed by atoms with van der Waals surface area (Å²) in [4.78, 5) is 0. The minimum absolute atomic E-state index is 0.116. The van der Waals surface area contributed by atoms with Gasteiger partial charge in [-0.25, -0.2) is 9.07 Å². The summed E-state index contributed by atoms with van der Waals surface area (Å²) in [6.45, 7) is 6.70. The average Bonchev–Trinajstić information content (AvgIpc) is 3.15. The van der Waals surface area contributed by atoms with Crippen LogP contribution in [0, 0.1) is 18.7 Å². The molecule has 1 aromatic heterocycles. The smallest absolute Gasteiger partial charge is 0.123 e. The number of halogens is 1. The molecule has 2 fully saturated rings. The summed E-state index contributed by atoms with van der Waals surface area (Å²) < 4.78 is 15.3. The van der Waals surface area contributed by atoms with E-state index in [-0.39, 0.29) is 16.6 Å². The van der Waals surface area contributed by atoms with Crippen LogP contribution in [0.25, 0.3) is 16.6 Å². The standard InChI is InChI=1S/C26H24FN3/c1-17-12-23-18(14-29-30(23)21-10-8-20(27)9-11-21)13-22(17)26-16-28-15-24(26)25(26,2)19-6-4-3-5-7-19/h3-14,24,28H,15-16H2,1-2H3/t24-,25+,26+/m0/s1. The molecule has 4 aromatic rings. The van der Waals surface area contributed by atoms with Gasteiger partial charge in [0.15, 0.2) is 0 Å². The van der Waals surface area contributed by atoms with Crippen molar-refractivity contribution in [3.05, 3.63) is 95.4 Å². The van der Waals surface area contributed by atoms with Crippen LogP contribution in [0.4, 0.5) is 4.39 Å². The second kappa shape index (κ2) is 6.02. The monoisotopic (exact) mass is 397 g/mol. The Kier molecular flexibility index (Phi) is 3.58. The van der Waals surface area contributed by atoms with Gasteiger partial charge >= 0.3 is 0 Å². The van der Waals surface area contributed by atoms with Gasteiger partial charge in [-0.3, -0.25) is 0 Å². The molecule has 0 bridgehead atoms. The van der Waals surface area contributed by atoms with E-state index in [4.69, 9.17) is 0 Å². The first-order valence-electron chi connectivity index (χ1n) is 10.6. The Bertz CT molecular complexity index is 1260. The van der Waals surface area contributed by atoms with E-state index in [1.165, 1.54) is 28.8 Å². The fourth-order valence-electron chi connectivity index (χ4n) is 6.14. The molecular formula is C26H24FN3. The molecule has 1 saturated heterocycles. The second-order valence-corrected chi connectivity index (χ2v) is 8.98. The average molecular weight is 397 g/mol. The number of nitrogens with zero attached hydrogens (tertiary/aromatic N) is 2. The van der Waals surface area contributed by atoms with Crippen LogP contribution < -0.4 is 5.32 Å². The Morgan fingerprint density at radius 1 is 1.07 bits per heavy atom. The highest BCUT2D eigenvalue weighted by molar-refractivity contribution is 5.83. The van der Waals surface area contributed by atoms with E-state index < -0.39 is 0 Å². The zero-order valence-electron chi connectivity index (χ0n) is 17.2. The van der Waals surface area contributed by atoms with E-state index >= 15 is 0 Å². The number of nitrogens with one attached hydrogen (secondary N) is 1. The quantitative estimate of drug-likeness (QED) is 0.533. The van der Waals surface area contributed by atoms with Crippen molar-refractivity contribution in [3.63, 3.8) is 0 Å². The third-order valence-electron chi connectivity index (χ3n) is 7.73. The first-order valence-corrected chi connectivity index (χ1v) is 10.6. The summed E-state index contributed by atoms with van der Waals surface area (Å²) in [7, 11) is 0. The van der Waals surface area contributed by atoms with Crippen LogP contribution in [0.5, 0.6) is 0 Å². The van der Waals surface area contributed by atoms with Crippen molar-refractivity contribution >= 4 is 10.9 Å². The Morgan fingerprint density at radius 3 is 2.60 bits per heavy atom. The van der Waals surface area contributed by atoms with Gasteiger partial charge in [-0.15, -0.1) is 0 Å². The maximum absolute atomic E-state index is 13.4. The minimum atomic E-state index is -0.235.